The maximum atomic E-state index is 11.1. The number of nitrogens with zero attached hydrogens (tertiary/aromatic N) is 1. The summed E-state index contributed by atoms with van der Waals surface area (Å²) in [5.41, 5.74) is 2.66. The molecule has 0 fully saturated rings. The number of aromatic carboxylic acids is 1. The Bertz CT molecular complexity index is 731. The van der Waals surface area contributed by atoms with Crippen LogP contribution in [-0.4, -0.2) is 42.0 Å². The van der Waals surface area contributed by atoms with Crippen LogP contribution >= 0.6 is 0 Å². The molecule has 0 aliphatic carbocycles. The van der Waals surface area contributed by atoms with Gasteiger partial charge in [0.05, 0.1) is 11.7 Å². The number of carboxylic acids is 1. The van der Waals surface area contributed by atoms with Gasteiger partial charge in [0, 0.05) is 19.7 Å². The maximum Gasteiger partial charge on any atom is 0.335 e. The van der Waals surface area contributed by atoms with Crippen molar-refractivity contribution in [1.82, 2.24) is 4.90 Å². The van der Waals surface area contributed by atoms with E-state index in [-0.39, 0.29) is 6.10 Å². The van der Waals surface area contributed by atoms with Crippen LogP contribution in [0.5, 0.6) is 0 Å². The van der Waals surface area contributed by atoms with Gasteiger partial charge >= 0.3 is 5.97 Å². The van der Waals surface area contributed by atoms with Crippen LogP contribution in [-0.2, 0) is 16.1 Å². The predicted octanol–water partition coefficient (Wildman–Crippen LogP) is 5.75. The Hall–Kier alpha value is -2.50. The van der Waals surface area contributed by atoms with E-state index in [1.807, 2.05) is 25.1 Å². The second-order valence-corrected chi connectivity index (χ2v) is 7.39. The van der Waals surface area contributed by atoms with Crippen molar-refractivity contribution in [3.05, 3.63) is 71.3 Å². The summed E-state index contributed by atoms with van der Waals surface area (Å²) < 4.78 is 6.05. The van der Waals surface area contributed by atoms with Gasteiger partial charge in [-0.25, -0.2) is 4.79 Å². The third-order valence-electron chi connectivity index (χ3n) is 4.90. The minimum atomic E-state index is -0.886. The smallest absolute Gasteiger partial charge is 0.335 e. The average molecular weight is 428 g/mol. The van der Waals surface area contributed by atoms with Gasteiger partial charge < -0.3 is 14.6 Å². The van der Waals surface area contributed by atoms with Gasteiger partial charge in [-0.05, 0) is 50.1 Å². The fourth-order valence-electron chi connectivity index (χ4n) is 3.37. The summed E-state index contributed by atoms with van der Waals surface area (Å²) in [4.78, 5) is 22.3. The topological polar surface area (TPSA) is 66.8 Å². The molecule has 31 heavy (non-hydrogen) atoms. The molecular weight excluding hydrogens is 390 g/mol. The van der Waals surface area contributed by atoms with Gasteiger partial charge in [-0.3, -0.25) is 4.90 Å². The molecule has 0 aromatic heterocycles. The van der Waals surface area contributed by atoms with Crippen LogP contribution in [0.2, 0.25) is 0 Å². The number of hydrogen-bond donors (Lipinski definition) is 1. The monoisotopic (exact) mass is 427 g/mol. The highest BCUT2D eigenvalue weighted by Crippen LogP contribution is 2.20. The molecular formula is C26H37NO4. The van der Waals surface area contributed by atoms with Gasteiger partial charge in [0.2, 0.25) is 0 Å². The molecule has 1 atom stereocenters. The highest BCUT2D eigenvalue weighted by molar-refractivity contribution is 5.87. The Kier molecular flexibility index (Phi) is 13.9. The summed E-state index contributed by atoms with van der Waals surface area (Å²) in [7, 11) is 0. The van der Waals surface area contributed by atoms with Crippen molar-refractivity contribution in [2.75, 3.05) is 19.7 Å². The number of carboxylic acid groups (broad SMARTS) is 1. The third-order valence-corrected chi connectivity index (χ3v) is 4.90. The van der Waals surface area contributed by atoms with Crippen LogP contribution in [0.4, 0.5) is 0 Å². The van der Waals surface area contributed by atoms with Crippen LogP contribution in [0.15, 0.2) is 54.6 Å². The lowest BCUT2D eigenvalue weighted by Crippen LogP contribution is -2.30. The predicted molar refractivity (Wildman–Crippen MR) is 125 cm³/mol. The molecule has 170 valence electrons. The second kappa shape index (κ2) is 16.2. The van der Waals surface area contributed by atoms with Crippen LogP contribution in [0.1, 0.15) is 74.0 Å². The summed E-state index contributed by atoms with van der Waals surface area (Å²) in [6.45, 7) is 9.01. The molecule has 1 N–H and O–H groups in total. The van der Waals surface area contributed by atoms with Gasteiger partial charge in [-0.1, -0.05) is 68.7 Å². The number of benzene rings is 2. The first-order chi connectivity index (χ1) is 15.0. The summed E-state index contributed by atoms with van der Waals surface area (Å²) in [5.74, 6) is -0.886. The third kappa shape index (κ3) is 10.9. The number of rotatable bonds is 13. The normalized spacial score (nSPS) is 11.5. The van der Waals surface area contributed by atoms with Gasteiger partial charge in [0.25, 0.3) is 0 Å². The van der Waals surface area contributed by atoms with E-state index in [0.717, 1.165) is 37.9 Å². The van der Waals surface area contributed by atoms with E-state index in [4.69, 9.17) is 14.6 Å². The minimum absolute atomic E-state index is 0.0377. The zero-order chi connectivity index (χ0) is 22.9. The maximum absolute atomic E-state index is 11.1. The Morgan fingerprint density at radius 2 is 1.68 bits per heavy atom. The van der Waals surface area contributed by atoms with Crippen molar-refractivity contribution in [3.63, 3.8) is 0 Å². The largest absolute Gasteiger partial charge is 0.478 e. The molecule has 0 aliphatic heterocycles. The van der Waals surface area contributed by atoms with Crippen molar-refractivity contribution in [2.24, 2.45) is 0 Å². The summed E-state index contributed by atoms with van der Waals surface area (Å²) >= 11 is 0. The SMILES string of the molecule is CC=O.CCCCCCN(Cc1ccc(C(=O)O)cc1)CC(OCC)c1ccccc1. The lowest BCUT2D eigenvalue weighted by Gasteiger charge is -2.28. The van der Waals surface area contributed by atoms with Crippen molar-refractivity contribution in [3.8, 4) is 0 Å². The molecule has 1 unspecified atom stereocenters. The first-order valence-corrected chi connectivity index (χ1v) is 11.2. The fourth-order valence-corrected chi connectivity index (χ4v) is 3.37. The number of carbonyl (C=O) groups is 2. The molecule has 0 heterocycles. The van der Waals surface area contributed by atoms with E-state index < -0.39 is 5.97 Å². The van der Waals surface area contributed by atoms with Crippen molar-refractivity contribution in [2.45, 2.75) is 59.1 Å². The van der Waals surface area contributed by atoms with Crippen molar-refractivity contribution >= 4 is 12.3 Å². The van der Waals surface area contributed by atoms with Gasteiger partial charge in [0.15, 0.2) is 0 Å². The van der Waals surface area contributed by atoms with Gasteiger partial charge in [-0.15, -0.1) is 0 Å². The Morgan fingerprint density at radius 3 is 2.23 bits per heavy atom. The van der Waals surface area contributed by atoms with E-state index in [1.165, 1.54) is 31.7 Å². The molecule has 2 aromatic carbocycles. The van der Waals surface area contributed by atoms with Gasteiger partial charge in [-0.2, -0.15) is 0 Å². The molecule has 5 nitrogen and oxygen atoms in total. The van der Waals surface area contributed by atoms with Crippen LogP contribution in [0, 0.1) is 0 Å². The van der Waals surface area contributed by atoms with Crippen LogP contribution in [0.25, 0.3) is 0 Å². The second-order valence-electron chi connectivity index (χ2n) is 7.39. The Morgan fingerprint density at radius 1 is 1.03 bits per heavy atom. The van der Waals surface area contributed by atoms with Crippen molar-refractivity contribution < 1.29 is 19.4 Å². The average Bonchev–Trinajstić information content (AvgIpc) is 2.78. The summed E-state index contributed by atoms with van der Waals surface area (Å²) in [6.07, 6.45) is 5.66. The summed E-state index contributed by atoms with van der Waals surface area (Å²) in [6, 6.07) is 17.6. The number of carbonyl (C=O) groups excluding carboxylic acids is 1. The molecule has 0 saturated heterocycles. The van der Waals surface area contributed by atoms with Crippen LogP contribution < -0.4 is 0 Å². The lowest BCUT2D eigenvalue weighted by atomic mass is 10.1. The first-order valence-electron chi connectivity index (χ1n) is 11.2. The van der Waals surface area contributed by atoms with Crippen molar-refractivity contribution in [1.29, 1.82) is 0 Å². The van der Waals surface area contributed by atoms with Crippen LogP contribution in [0.3, 0.4) is 0 Å². The summed E-state index contributed by atoms with van der Waals surface area (Å²) in [5, 5.41) is 9.10. The van der Waals surface area contributed by atoms with E-state index >= 15 is 0 Å². The van der Waals surface area contributed by atoms with E-state index in [9.17, 15) is 4.79 Å². The first kappa shape index (κ1) is 26.5. The zero-order valence-electron chi connectivity index (χ0n) is 19.1. The Balaban J connectivity index is 0.00000151. The molecule has 2 rings (SSSR count). The van der Waals surface area contributed by atoms with E-state index in [1.54, 1.807) is 12.1 Å². The molecule has 0 spiro atoms. The number of hydrogen-bond acceptors (Lipinski definition) is 4. The van der Waals surface area contributed by atoms with Gasteiger partial charge in [0.1, 0.15) is 6.29 Å². The number of unbranched alkanes of at least 4 members (excludes halogenated alkanes) is 3. The molecule has 2 aromatic rings. The standard InChI is InChI=1S/C24H33NO3.C2H4O/c1-3-5-6-10-17-25(18-20-13-15-22(16-14-20)24(26)27)19-23(28-4-2)21-11-8-7-9-12-21;1-2-3/h7-9,11-16,23H,3-6,10,17-19H2,1-2H3,(H,26,27);2H,1H3. The Labute approximate surface area is 187 Å². The zero-order valence-corrected chi connectivity index (χ0v) is 19.1. The highest BCUT2D eigenvalue weighted by atomic mass is 16.5. The number of aldehydes is 1. The van der Waals surface area contributed by atoms with E-state index in [2.05, 4.69) is 36.1 Å². The highest BCUT2D eigenvalue weighted by Gasteiger charge is 2.17. The molecule has 0 saturated carbocycles. The quantitative estimate of drug-likeness (QED) is 0.326. The molecule has 5 heteroatoms. The fraction of sp³-hybridized carbons (Fsp3) is 0.462. The molecule has 0 aliphatic rings. The molecule has 0 radical (unpaired) electrons. The minimum Gasteiger partial charge on any atom is -0.478 e. The molecule has 0 bridgehead atoms. The molecule has 0 amide bonds. The van der Waals surface area contributed by atoms with E-state index in [0.29, 0.717) is 12.2 Å². The lowest BCUT2D eigenvalue weighted by molar-refractivity contribution is -0.106. The number of ether oxygens (including phenoxy) is 1.